The fourth-order valence-electron chi connectivity index (χ4n) is 1.02. The summed E-state index contributed by atoms with van der Waals surface area (Å²) in [6.07, 6.45) is 7.93. The number of hydrogen-bond donors (Lipinski definition) is 1. The van der Waals surface area contributed by atoms with E-state index in [1.165, 1.54) is 12.8 Å². The highest BCUT2D eigenvalue weighted by atomic mass is 16.3. The van der Waals surface area contributed by atoms with Crippen molar-refractivity contribution in [2.24, 2.45) is 5.92 Å². The van der Waals surface area contributed by atoms with E-state index in [-0.39, 0.29) is 6.10 Å². The second-order valence-corrected chi connectivity index (χ2v) is 3.26. The normalized spacial score (nSPS) is 18.8. The van der Waals surface area contributed by atoms with Crippen molar-refractivity contribution in [2.45, 2.75) is 38.7 Å². The summed E-state index contributed by atoms with van der Waals surface area (Å²) in [5, 5.41) is 9.40. The standard InChI is InChI=1S/C11H16O/c1-2-3-4-5-11(12)9-8-10-6-7-10/h8-12H,4-7H2,1H3/b9-8+. The number of allylic oxidation sites excluding steroid dienone is 1. The van der Waals surface area contributed by atoms with Crippen LogP contribution in [0.15, 0.2) is 12.2 Å². The van der Waals surface area contributed by atoms with Crippen LogP contribution in [0.5, 0.6) is 0 Å². The van der Waals surface area contributed by atoms with Crippen LogP contribution in [0.4, 0.5) is 0 Å². The van der Waals surface area contributed by atoms with Crippen LogP contribution in [0.1, 0.15) is 32.6 Å². The van der Waals surface area contributed by atoms with Gasteiger partial charge < -0.3 is 5.11 Å². The van der Waals surface area contributed by atoms with Gasteiger partial charge in [-0.1, -0.05) is 12.2 Å². The molecule has 1 heteroatoms. The van der Waals surface area contributed by atoms with Gasteiger partial charge in [0.15, 0.2) is 0 Å². The largest absolute Gasteiger partial charge is 0.389 e. The van der Waals surface area contributed by atoms with Gasteiger partial charge in [-0.2, -0.15) is 0 Å². The minimum atomic E-state index is -0.286. The Kier molecular flexibility index (Phi) is 3.90. The van der Waals surface area contributed by atoms with Gasteiger partial charge >= 0.3 is 0 Å². The number of hydrogen-bond acceptors (Lipinski definition) is 1. The van der Waals surface area contributed by atoms with Crippen molar-refractivity contribution in [3.8, 4) is 11.8 Å². The van der Waals surface area contributed by atoms with Gasteiger partial charge in [-0.3, -0.25) is 0 Å². The fourth-order valence-corrected chi connectivity index (χ4v) is 1.02. The number of aliphatic hydroxyl groups excluding tert-OH is 1. The zero-order valence-electron chi connectivity index (χ0n) is 7.59. The molecule has 1 rings (SSSR count). The Bertz CT molecular complexity index is 203. The predicted molar refractivity (Wildman–Crippen MR) is 50.6 cm³/mol. The molecule has 0 aromatic rings. The molecule has 0 amide bonds. The first kappa shape index (κ1) is 9.35. The molecule has 1 nitrogen and oxygen atoms in total. The summed E-state index contributed by atoms with van der Waals surface area (Å²) in [5.74, 6) is 6.51. The first-order valence-electron chi connectivity index (χ1n) is 4.59. The monoisotopic (exact) mass is 164 g/mol. The third-order valence-electron chi connectivity index (χ3n) is 1.97. The summed E-state index contributed by atoms with van der Waals surface area (Å²) < 4.78 is 0. The first-order valence-corrected chi connectivity index (χ1v) is 4.59. The van der Waals surface area contributed by atoms with E-state index in [0.29, 0.717) is 0 Å². The molecule has 0 bridgehead atoms. The Hall–Kier alpha value is -0.740. The van der Waals surface area contributed by atoms with Crippen molar-refractivity contribution < 1.29 is 5.11 Å². The molecule has 0 aromatic heterocycles. The zero-order valence-corrected chi connectivity index (χ0v) is 7.59. The summed E-state index contributed by atoms with van der Waals surface area (Å²) in [4.78, 5) is 0. The molecule has 12 heavy (non-hydrogen) atoms. The van der Waals surface area contributed by atoms with Crippen LogP contribution >= 0.6 is 0 Å². The molecule has 1 aliphatic carbocycles. The van der Waals surface area contributed by atoms with Crippen LogP contribution in [-0.4, -0.2) is 11.2 Å². The molecule has 1 N–H and O–H groups in total. The molecule has 1 saturated carbocycles. The molecular weight excluding hydrogens is 148 g/mol. The van der Waals surface area contributed by atoms with Crippen LogP contribution in [0.2, 0.25) is 0 Å². The second-order valence-electron chi connectivity index (χ2n) is 3.26. The average molecular weight is 164 g/mol. The molecule has 1 aliphatic rings. The molecule has 1 fully saturated rings. The van der Waals surface area contributed by atoms with Crippen LogP contribution in [0.25, 0.3) is 0 Å². The van der Waals surface area contributed by atoms with Crippen LogP contribution in [0, 0.1) is 17.8 Å². The predicted octanol–water partition coefficient (Wildman–Crippen LogP) is 2.12. The summed E-state index contributed by atoms with van der Waals surface area (Å²) in [7, 11) is 0. The summed E-state index contributed by atoms with van der Waals surface area (Å²) in [6.45, 7) is 1.83. The SMILES string of the molecule is CC#CCCC(O)/C=C/C1CC1. The number of rotatable bonds is 4. The Labute approximate surface area is 74.5 Å². The average Bonchev–Trinajstić information content (AvgIpc) is 2.84. The van der Waals surface area contributed by atoms with E-state index in [2.05, 4.69) is 17.9 Å². The van der Waals surface area contributed by atoms with Crippen molar-refractivity contribution in [2.75, 3.05) is 0 Å². The van der Waals surface area contributed by atoms with Crippen molar-refractivity contribution in [1.82, 2.24) is 0 Å². The van der Waals surface area contributed by atoms with Gasteiger partial charge in [0.2, 0.25) is 0 Å². The van der Waals surface area contributed by atoms with Gasteiger partial charge in [0.05, 0.1) is 6.10 Å². The van der Waals surface area contributed by atoms with E-state index in [1.807, 2.05) is 13.0 Å². The van der Waals surface area contributed by atoms with Gasteiger partial charge in [-0.05, 0) is 32.1 Å². The van der Waals surface area contributed by atoms with Crippen molar-refractivity contribution in [3.05, 3.63) is 12.2 Å². The number of aliphatic hydroxyl groups is 1. The summed E-state index contributed by atoms with van der Waals surface area (Å²) >= 11 is 0. The lowest BCUT2D eigenvalue weighted by molar-refractivity contribution is 0.214. The minimum Gasteiger partial charge on any atom is -0.389 e. The Morgan fingerprint density at radius 3 is 2.92 bits per heavy atom. The van der Waals surface area contributed by atoms with Gasteiger partial charge in [0.1, 0.15) is 0 Å². The topological polar surface area (TPSA) is 20.2 Å². The van der Waals surface area contributed by atoms with Crippen molar-refractivity contribution >= 4 is 0 Å². The van der Waals surface area contributed by atoms with Crippen LogP contribution in [0.3, 0.4) is 0 Å². The van der Waals surface area contributed by atoms with E-state index in [0.717, 1.165) is 18.8 Å². The van der Waals surface area contributed by atoms with E-state index >= 15 is 0 Å². The lowest BCUT2D eigenvalue weighted by Crippen LogP contribution is -2.00. The molecule has 0 aromatic carbocycles. The molecule has 0 heterocycles. The maximum absolute atomic E-state index is 9.40. The molecule has 66 valence electrons. The van der Waals surface area contributed by atoms with Gasteiger partial charge in [-0.25, -0.2) is 0 Å². The quantitative estimate of drug-likeness (QED) is 0.498. The highest BCUT2D eigenvalue weighted by Crippen LogP contribution is 2.30. The van der Waals surface area contributed by atoms with Gasteiger partial charge in [0.25, 0.3) is 0 Å². The van der Waals surface area contributed by atoms with Gasteiger partial charge in [0, 0.05) is 6.42 Å². The summed E-state index contributed by atoms with van der Waals surface area (Å²) in [5.41, 5.74) is 0. The van der Waals surface area contributed by atoms with Gasteiger partial charge in [-0.15, -0.1) is 11.8 Å². The van der Waals surface area contributed by atoms with Crippen LogP contribution in [-0.2, 0) is 0 Å². The lowest BCUT2D eigenvalue weighted by Gasteiger charge is -2.00. The highest BCUT2D eigenvalue weighted by molar-refractivity contribution is 5.01. The maximum Gasteiger partial charge on any atom is 0.0730 e. The van der Waals surface area contributed by atoms with Crippen molar-refractivity contribution in [3.63, 3.8) is 0 Å². The summed E-state index contributed by atoms with van der Waals surface area (Å²) in [6, 6.07) is 0. The molecule has 0 saturated heterocycles. The second kappa shape index (κ2) is 5.00. The zero-order chi connectivity index (χ0) is 8.81. The van der Waals surface area contributed by atoms with E-state index in [4.69, 9.17) is 0 Å². The lowest BCUT2D eigenvalue weighted by atomic mass is 10.2. The highest BCUT2D eigenvalue weighted by Gasteiger charge is 2.17. The third-order valence-corrected chi connectivity index (χ3v) is 1.97. The third kappa shape index (κ3) is 4.20. The Balaban J connectivity index is 2.08. The molecule has 1 atom stereocenters. The van der Waals surface area contributed by atoms with E-state index in [9.17, 15) is 5.11 Å². The van der Waals surface area contributed by atoms with E-state index < -0.39 is 0 Å². The molecular formula is C11H16O. The minimum absolute atomic E-state index is 0.286. The van der Waals surface area contributed by atoms with Crippen LogP contribution < -0.4 is 0 Å². The Morgan fingerprint density at radius 2 is 2.33 bits per heavy atom. The fraction of sp³-hybridized carbons (Fsp3) is 0.636. The van der Waals surface area contributed by atoms with Crippen molar-refractivity contribution in [1.29, 1.82) is 0 Å². The first-order chi connectivity index (χ1) is 5.83. The Morgan fingerprint density at radius 1 is 1.58 bits per heavy atom. The molecule has 0 spiro atoms. The van der Waals surface area contributed by atoms with E-state index in [1.54, 1.807) is 0 Å². The maximum atomic E-state index is 9.40. The molecule has 1 unspecified atom stereocenters. The molecule has 0 aliphatic heterocycles. The molecule has 0 radical (unpaired) electrons. The smallest absolute Gasteiger partial charge is 0.0730 e.